The van der Waals surface area contributed by atoms with Crippen molar-refractivity contribution in [2.75, 3.05) is 12.3 Å². The smallest absolute Gasteiger partial charge is 0.255 e. The number of nitrogens with two attached hydrogens (primary N) is 1. The molecule has 0 fully saturated rings. The van der Waals surface area contributed by atoms with Gasteiger partial charge in [0.15, 0.2) is 11.5 Å². The molecule has 0 aliphatic heterocycles. The zero-order valence-electron chi connectivity index (χ0n) is 16.7. The van der Waals surface area contributed by atoms with E-state index in [4.69, 9.17) is 15.2 Å². The number of hydrogen-bond donors (Lipinski definition) is 2. The summed E-state index contributed by atoms with van der Waals surface area (Å²) in [5.74, 6) is 0.719. The highest BCUT2D eigenvalue weighted by atomic mass is 19.1. The minimum Gasteiger partial charge on any atom is -0.490 e. The Labute approximate surface area is 174 Å². The van der Waals surface area contributed by atoms with Crippen LogP contribution < -0.4 is 20.5 Å². The first-order valence-corrected chi connectivity index (χ1v) is 9.75. The van der Waals surface area contributed by atoms with Crippen LogP contribution in [0, 0.1) is 5.95 Å². The van der Waals surface area contributed by atoms with E-state index in [9.17, 15) is 9.18 Å². The normalized spacial score (nSPS) is 10.5. The van der Waals surface area contributed by atoms with Crippen molar-refractivity contribution >= 4 is 11.7 Å². The molecule has 0 atom stereocenters. The predicted molar refractivity (Wildman–Crippen MR) is 113 cm³/mol. The Morgan fingerprint density at radius 1 is 1.07 bits per heavy atom. The molecule has 30 heavy (non-hydrogen) atoms. The molecule has 156 valence electrons. The lowest BCUT2D eigenvalue weighted by Crippen LogP contribution is -2.24. The van der Waals surface area contributed by atoms with Crippen LogP contribution in [0.2, 0.25) is 0 Å². The van der Waals surface area contributed by atoms with Gasteiger partial charge in [-0.1, -0.05) is 37.6 Å². The summed E-state index contributed by atoms with van der Waals surface area (Å²) in [5.41, 5.74) is 6.60. The van der Waals surface area contributed by atoms with Crippen LogP contribution in [-0.2, 0) is 6.54 Å². The quantitative estimate of drug-likeness (QED) is 0.395. The maximum absolute atomic E-state index is 13.0. The average Bonchev–Trinajstić information content (AvgIpc) is 2.74. The summed E-state index contributed by atoms with van der Waals surface area (Å²) in [7, 11) is 0. The van der Waals surface area contributed by atoms with E-state index in [1.54, 1.807) is 0 Å². The number of nitrogen functional groups attached to an aromatic ring is 1. The predicted octanol–water partition coefficient (Wildman–Crippen LogP) is 4.70. The third-order valence-corrected chi connectivity index (χ3v) is 4.34. The van der Waals surface area contributed by atoms with Gasteiger partial charge in [0, 0.05) is 6.54 Å². The van der Waals surface area contributed by atoms with E-state index >= 15 is 0 Å². The van der Waals surface area contributed by atoms with Crippen LogP contribution in [0.1, 0.15) is 35.7 Å². The Kier molecular flexibility index (Phi) is 7.21. The molecule has 0 bridgehead atoms. The van der Waals surface area contributed by atoms with Gasteiger partial charge in [-0.25, -0.2) is 4.98 Å². The SMILES string of the molecule is CCCCOc1ccccc1Oc1ccc(CNC(=O)c2ccc(F)nc2N)cc1. The fraction of sp³-hybridized carbons (Fsp3) is 0.217. The average molecular weight is 409 g/mol. The number of carbonyl (C=O) groups is 1. The van der Waals surface area contributed by atoms with Gasteiger partial charge >= 0.3 is 0 Å². The number of nitrogens with one attached hydrogen (secondary N) is 1. The van der Waals surface area contributed by atoms with Gasteiger partial charge in [-0.2, -0.15) is 4.39 Å². The second-order valence-electron chi connectivity index (χ2n) is 6.64. The van der Waals surface area contributed by atoms with Crippen LogP contribution in [0.3, 0.4) is 0 Å². The van der Waals surface area contributed by atoms with E-state index in [1.165, 1.54) is 6.07 Å². The van der Waals surface area contributed by atoms with Crippen LogP contribution in [0.5, 0.6) is 17.2 Å². The van der Waals surface area contributed by atoms with Crippen molar-refractivity contribution in [1.29, 1.82) is 0 Å². The van der Waals surface area contributed by atoms with Gasteiger partial charge in [0.2, 0.25) is 5.95 Å². The van der Waals surface area contributed by atoms with Gasteiger partial charge in [0.1, 0.15) is 11.6 Å². The van der Waals surface area contributed by atoms with Gasteiger partial charge in [0.05, 0.1) is 12.2 Å². The monoisotopic (exact) mass is 409 g/mol. The van der Waals surface area contributed by atoms with Crippen molar-refractivity contribution in [2.24, 2.45) is 0 Å². The van der Waals surface area contributed by atoms with Gasteiger partial charge in [0.25, 0.3) is 5.91 Å². The van der Waals surface area contributed by atoms with E-state index in [-0.39, 0.29) is 17.9 Å². The molecule has 0 radical (unpaired) electrons. The first-order chi connectivity index (χ1) is 14.6. The van der Waals surface area contributed by atoms with Crippen LogP contribution in [0.4, 0.5) is 10.2 Å². The van der Waals surface area contributed by atoms with E-state index < -0.39 is 11.9 Å². The first-order valence-electron chi connectivity index (χ1n) is 9.75. The molecular formula is C23H24FN3O3. The van der Waals surface area contributed by atoms with Crippen LogP contribution in [-0.4, -0.2) is 17.5 Å². The second kappa shape index (κ2) is 10.2. The first kappa shape index (κ1) is 21.1. The number of nitrogens with zero attached hydrogens (tertiary/aromatic N) is 1. The number of pyridine rings is 1. The minimum absolute atomic E-state index is 0.135. The standard InChI is InChI=1S/C23H24FN3O3/c1-2-3-14-29-19-6-4-5-7-20(19)30-17-10-8-16(9-11-17)15-26-23(28)18-12-13-21(24)27-22(18)25/h4-13H,2-3,14-15H2,1H3,(H2,25,27)(H,26,28). The fourth-order valence-electron chi connectivity index (χ4n) is 2.70. The molecule has 1 heterocycles. The molecule has 3 N–H and O–H groups in total. The molecule has 6 nitrogen and oxygen atoms in total. The maximum Gasteiger partial charge on any atom is 0.255 e. The fourth-order valence-corrected chi connectivity index (χ4v) is 2.70. The number of hydrogen-bond acceptors (Lipinski definition) is 5. The Hall–Kier alpha value is -3.61. The van der Waals surface area contributed by atoms with E-state index in [0.717, 1.165) is 24.5 Å². The van der Waals surface area contributed by atoms with E-state index in [1.807, 2.05) is 48.5 Å². The van der Waals surface area contributed by atoms with Crippen LogP contribution in [0.15, 0.2) is 60.7 Å². The molecule has 1 amide bonds. The van der Waals surface area contributed by atoms with Crippen molar-refractivity contribution in [3.05, 3.63) is 77.7 Å². The largest absolute Gasteiger partial charge is 0.490 e. The second-order valence-corrected chi connectivity index (χ2v) is 6.64. The zero-order chi connectivity index (χ0) is 21.3. The Morgan fingerprint density at radius 3 is 2.50 bits per heavy atom. The number of halogens is 1. The molecule has 0 unspecified atom stereocenters. The molecule has 2 aromatic carbocycles. The molecule has 0 saturated heterocycles. The number of amides is 1. The Morgan fingerprint density at radius 2 is 1.80 bits per heavy atom. The number of ether oxygens (including phenoxy) is 2. The molecular weight excluding hydrogens is 385 g/mol. The molecule has 7 heteroatoms. The summed E-state index contributed by atoms with van der Waals surface area (Å²) in [6, 6.07) is 17.3. The maximum atomic E-state index is 13.0. The summed E-state index contributed by atoms with van der Waals surface area (Å²) < 4.78 is 24.7. The highest BCUT2D eigenvalue weighted by Gasteiger charge is 2.11. The lowest BCUT2D eigenvalue weighted by molar-refractivity contribution is 0.0951. The number of unbranched alkanes of at least 4 members (excludes halogenated alkanes) is 1. The Balaban J connectivity index is 1.58. The zero-order valence-corrected chi connectivity index (χ0v) is 16.7. The summed E-state index contributed by atoms with van der Waals surface area (Å²) in [6.45, 7) is 3.04. The summed E-state index contributed by atoms with van der Waals surface area (Å²) in [4.78, 5) is 15.7. The van der Waals surface area contributed by atoms with Crippen LogP contribution in [0.25, 0.3) is 0 Å². The number of aromatic nitrogens is 1. The molecule has 0 spiro atoms. The van der Waals surface area contributed by atoms with E-state index in [0.29, 0.717) is 23.9 Å². The molecule has 3 aromatic rings. The van der Waals surface area contributed by atoms with Crippen molar-refractivity contribution in [3.63, 3.8) is 0 Å². The number of carbonyl (C=O) groups excluding carboxylic acids is 1. The number of rotatable bonds is 9. The molecule has 3 rings (SSSR count). The molecule has 1 aromatic heterocycles. The lowest BCUT2D eigenvalue weighted by atomic mass is 10.2. The molecule has 0 saturated carbocycles. The van der Waals surface area contributed by atoms with Gasteiger partial charge in [-0.05, 0) is 48.4 Å². The summed E-state index contributed by atoms with van der Waals surface area (Å²) in [6.07, 6.45) is 2.04. The third-order valence-electron chi connectivity index (χ3n) is 4.34. The number of anilines is 1. The van der Waals surface area contributed by atoms with Gasteiger partial charge in [-0.15, -0.1) is 0 Å². The lowest BCUT2D eigenvalue weighted by Gasteiger charge is -2.12. The Bertz CT molecular complexity index is 993. The third kappa shape index (κ3) is 5.70. The van der Waals surface area contributed by atoms with Crippen LogP contribution >= 0.6 is 0 Å². The number of benzene rings is 2. The van der Waals surface area contributed by atoms with Gasteiger partial charge < -0.3 is 20.5 Å². The van der Waals surface area contributed by atoms with Crippen molar-refractivity contribution in [1.82, 2.24) is 10.3 Å². The minimum atomic E-state index is -0.725. The molecule has 0 aliphatic rings. The van der Waals surface area contributed by atoms with Gasteiger partial charge in [-0.3, -0.25) is 4.79 Å². The van der Waals surface area contributed by atoms with Crippen molar-refractivity contribution in [3.8, 4) is 17.2 Å². The summed E-state index contributed by atoms with van der Waals surface area (Å²) in [5, 5.41) is 2.74. The highest BCUT2D eigenvalue weighted by molar-refractivity contribution is 5.98. The van der Waals surface area contributed by atoms with Crippen molar-refractivity contribution < 1.29 is 18.7 Å². The number of para-hydroxylation sites is 2. The van der Waals surface area contributed by atoms with Crippen molar-refractivity contribution in [2.45, 2.75) is 26.3 Å². The highest BCUT2D eigenvalue weighted by Crippen LogP contribution is 2.31. The van der Waals surface area contributed by atoms with E-state index in [2.05, 4.69) is 17.2 Å². The topological polar surface area (TPSA) is 86.5 Å². The molecule has 0 aliphatic carbocycles. The summed E-state index contributed by atoms with van der Waals surface area (Å²) >= 11 is 0.